The summed E-state index contributed by atoms with van der Waals surface area (Å²) < 4.78 is 24.4. The van der Waals surface area contributed by atoms with Crippen molar-refractivity contribution in [2.24, 2.45) is 0 Å². The number of carbonyl (C=O) groups excluding carboxylic acids is 2. The van der Waals surface area contributed by atoms with Gasteiger partial charge in [0, 0.05) is 12.6 Å². The van der Waals surface area contributed by atoms with Crippen LogP contribution in [0.2, 0.25) is 0 Å². The average molecular weight is 416 g/mol. The van der Waals surface area contributed by atoms with Gasteiger partial charge in [0.15, 0.2) is 18.2 Å². The van der Waals surface area contributed by atoms with Crippen molar-refractivity contribution in [1.82, 2.24) is 10.2 Å². The van der Waals surface area contributed by atoms with Crippen molar-refractivity contribution in [3.63, 3.8) is 0 Å². The maximum Gasteiger partial charge on any atom is 0.261 e. The van der Waals surface area contributed by atoms with Crippen LogP contribution in [0.5, 0.6) is 11.5 Å². The zero-order valence-electron chi connectivity index (χ0n) is 17.9. The highest BCUT2D eigenvalue weighted by molar-refractivity contribution is 5.88. The zero-order chi connectivity index (χ0) is 22.1. The van der Waals surface area contributed by atoms with Gasteiger partial charge in [-0.2, -0.15) is 0 Å². The molecule has 162 valence electrons. The summed E-state index contributed by atoms with van der Waals surface area (Å²) >= 11 is 0. The lowest BCUT2D eigenvalue weighted by molar-refractivity contribution is -0.142. The molecule has 0 fully saturated rings. The van der Waals surface area contributed by atoms with E-state index >= 15 is 0 Å². The smallest absolute Gasteiger partial charge is 0.261 e. The molecule has 0 heterocycles. The van der Waals surface area contributed by atoms with E-state index in [-0.39, 0.29) is 30.9 Å². The average Bonchev–Trinajstić information content (AvgIpc) is 2.76. The van der Waals surface area contributed by atoms with Crippen molar-refractivity contribution in [2.45, 2.75) is 45.8 Å². The number of methoxy groups -OCH3 is 1. The molecule has 0 radical (unpaired) electrons. The van der Waals surface area contributed by atoms with Crippen LogP contribution in [0.3, 0.4) is 0 Å². The third-order valence-electron chi connectivity index (χ3n) is 4.84. The molecule has 0 unspecified atom stereocenters. The van der Waals surface area contributed by atoms with Crippen molar-refractivity contribution in [3.8, 4) is 11.5 Å². The number of rotatable bonds is 10. The van der Waals surface area contributed by atoms with E-state index in [4.69, 9.17) is 9.47 Å². The minimum Gasteiger partial charge on any atom is -0.497 e. The van der Waals surface area contributed by atoms with E-state index in [1.54, 1.807) is 38.3 Å². The molecule has 0 aliphatic heterocycles. The molecule has 0 bridgehead atoms. The SMILES string of the molecule is CC[C@H](C)NC(=O)[C@H](C)N(Cc1cccc(OC)c1)C(=O)COc1ccccc1F. The summed E-state index contributed by atoms with van der Waals surface area (Å²) in [5.41, 5.74) is 0.803. The number of carbonyl (C=O) groups is 2. The summed E-state index contributed by atoms with van der Waals surface area (Å²) in [6.45, 7) is 5.34. The van der Waals surface area contributed by atoms with Crippen LogP contribution in [0.1, 0.15) is 32.8 Å². The van der Waals surface area contributed by atoms with Gasteiger partial charge in [-0.1, -0.05) is 31.2 Å². The fourth-order valence-electron chi connectivity index (χ4n) is 2.80. The van der Waals surface area contributed by atoms with E-state index in [1.807, 2.05) is 26.0 Å². The van der Waals surface area contributed by atoms with Gasteiger partial charge < -0.3 is 19.7 Å². The number of hydrogen-bond acceptors (Lipinski definition) is 4. The largest absolute Gasteiger partial charge is 0.497 e. The van der Waals surface area contributed by atoms with Crippen molar-refractivity contribution < 1.29 is 23.5 Å². The predicted molar refractivity (Wildman–Crippen MR) is 113 cm³/mol. The Kier molecular flexibility index (Phi) is 8.65. The molecule has 0 spiro atoms. The van der Waals surface area contributed by atoms with Gasteiger partial charge in [-0.25, -0.2) is 4.39 Å². The van der Waals surface area contributed by atoms with E-state index in [1.165, 1.54) is 17.0 Å². The Bertz CT molecular complexity index is 859. The van der Waals surface area contributed by atoms with E-state index in [9.17, 15) is 14.0 Å². The first-order valence-electron chi connectivity index (χ1n) is 9.95. The number of benzene rings is 2. The maximum atomic E-state index is 13.8. The third kappa shape index (κ3) is 6.47. The lowest BCUT2D eigenvalue weighted by Gasteiger charge is -2.29. The molecule has 7 heteroatoms. The first-order chi connectivity index (χ1) is 14.3. The molecule has 2 atom stereocenters. The van der Waals surface area contributed by atoms with Crippen LogP contribution in [0.15, 0.2) is 48.5 Å². The maximum absolute atomic E-state index is 13.8. The summed E-state index contributed by atoms with van der Waals surface area (Å²) in [7, 11) is 1.56. The normalized spacial score (nSPS) is 12.6. The van der Waals surface area contributed by atoms with Gasteiger partial charge in [0.05, 0.1) is 7.11 Å². The number of nitrogens with one attached hydrogen (secondary N) is 1. The van der Waals surface area contributed by atoms with Gasteiger partial charge >= 0.3 is 0 Å². The monoisotopic (exact) mass is 416 g/mol. The number of amides is 2. The second-order valence-electron chi connectivity index (χ2n) is 7.09. The summed E-state index contributed by atoms with van der Waals surface area (Å²) in [5, 5.41) is 2.90. The minimum atomic E-state index is -0.734. The minimum absolute atomic E-state index is 0.0103. The molecule has 0 aliphatic rings. The van der Waals surface area contributed by atoms with Crippen molar-refractivity contribution >= 4 is 11.8 Å². The van der Waals surface area contributed by atoms with E-state index in [0.717, 1.165) is 12.0 Å². The standard InChI is InChI=1S/C23H29FN2O4/c1-5-16(2)25-23(28)17(3)26(14-18-9-8-10-19(13-18)29-4)22(27)15-30-21-12-7-6-11-20(21)24/h6-13,16-17H,5,14-15H2,1-4H3,(H,25,28)/t16-,17-/m0/s1. The molecule has 0 saturated heterocycles. The summed E-state index contributed by atoms with van der Waals surface area (Å²) in [6.07, 6.45) is 0.776. The highest BCUT2D eigenvalue weighted by Gasteiger charge is 2.27. The molecule has 6 nitrogen and oxygen atoms in total. The van der Waals surface area contributed by atoms with Gasteiger partial charge in [0.1, 0.15) is 11.8 Å². The van der Waals surface area contributed by atoms with Crippen molar-refractivity contribution in [3.05, 3.63) is 59.9 Å². The molecule has 2 aromatic rings. The fraction of sp³-hybridized carbons (Fsp3) is 0.391. The molecule has 0 saturated carbocycles. The zero-order valence-corrected chi connectivity index (χ0v) is 17.9. The Morgan fingerprint density at radius 3 is 2.53 bits per heavy atom. The molecular weight excluding hydrogens is 387 g/mol. The van der Waals surface area contributed by atoms with Crippen molar-refractivity contribution in [2.75, 3.05) is 13.7 Å². The van der Waals surface area contributed by atoms with Crippen molar-refractivity contribution in [1.29, 1.82) is 0 Å². The molecule has 2 aromatic carbocycles. The number of hydrogen-bond donors (Lipinski definition) is 1. The quantitative estimate of drug-likeness (QED) is 0.643. The van der Waals surface area contributed by atoms with E-state index in [0.29, 0.717) is 5.75 Å². The lowest BCUT2D eigenvalue weighted by atomic mass is 10.1. The Balaban J connectivity index is 2.19. The van der Waals surface area contributed by atoms with Gasteiger partial charge in [-0.05, 0) is 50.1 Å². The summed E-state index contributed by atoms with van der Waals surface area (Å²) in [5.74, 6) is -0.588. The van der Waals surface area contributed by atoms with Crippen LogP contribution in [-0.2, 0) is 16.1 Å². The molecule has 2 rings (SSSR count). The van der Waals surface area contributed by atoms with Crippen LogP contribution >= 0.6 is 0 Å². The van der Waals surface area contributed by atoms with E-state index < -0.39 is 17.8 Å². The molecule has 2 amide bonds. The van der Waals surface area contributed by atoms with Crippen LogP contribution in [0.25, 0.3) is 0 Å². The second-order valence-corrected chi connectivity index (χ2v) is 7.09. The van der Waals surface area contributed by atoms with E-state index in [2.05, 4.69) is 5.32 Å². The summed E-state index contributed by atoms with van der Waals surface area (Å²) in [6, 6.07) is 12.4. The molecule has 1 N–H and O–H groups in total. The number of para-hydroxylation sites is 1. The number of halogens is 1. The van der Waals surface area contributed by atoms with Crippen LogP contribution < -0.4 is 14.8 Å². The van der Waals surface area contributed by atoms with Gasteiger partial charge in [-0.15, -0.1) is 0 Å². The van der Waals surface area contributed by atoms with Crippen LogP contribution in [0.4, 0.5) is 4.39 Å². The highest BCUT2D eigenvalue weighted by atomic mass is 19.1. The topological polar surface area (TPSA) is 67.9 Å². The van der Waals surface area contributed by atoms with Gasteiger partial charge in [0.25, 0.3) is 5.91 Å². The second kappa shape index (κ2) is 11.2. The lowest BCUT2D eigenvalue weighted by Crippen LogP contribution is -2.50. The Morgan fingerprint density at radius 2 is 1.87 bits per heavy atom. The molecule has 0 aromatic heterocycles. The highest BCUT2D eigenvalue weighted by Crippen LogP contribution is 2.18. The fourth-order valence-corrected chi connectivity index (χ4v) is 2.80. The predicted octanol–water partition coefficient (Wildman–Crippen LogP) is 3.55. The Hall–Kier alpha value is -3.09. The first kappa shape index (κ1) is 23.2. The van der Waals surface area contributed by atoms with Gasteiger partial charge in [0.2, 0.25) is 5.91 Å². The molecule has 0 aliphatic carbocycles. The summed E-state index contributed by atoms with van der Waals surface area (Å²) in [4.78, 5) is 27.0. The van der Waals surface area contributed by atoms with Crippen LogP contribution in [0, 0.1) is 5.82 Å². The van der Waals surface area contributed by atoms with Crippen LogP contribution in [-0.4, -0.2) is 42.5 Å². The number of ether oxygens (including phenoxy) is 2. The Morgan fingerprint density at radius 1 is 1.13 bits per heavy atom. The number of nitrogens with zero attached hydrogens (tertiary/aromatic N) is 1. The third-order valence-corrected chi connectivity index (χ3v) is 4.84. The Labute approximate surface area is 177 Å². The first-order valence-corrected chi connectivity index (χ1v) is 9.95. The van der Waals surface area contributed by atoms with Gasteiger partial charge in [-0.3, -0.25) is 9.59 Å². The molecular formula is C23H29FN2O4. The molecule has 30 heavy (non-hydrogen) atoms.